The maximum atomic E-state index is 12.3. The van der Waals surface area contributed by atoms with Crippen LogP contribution in [0.5, 0.6) is 0 Å². The molecule has 6 nitrogen and oxygen atoms in total. The molecule has 3 saturated carbocycles. The molecule has 0 aromatic carbocycles. The minimum absolute atomic E-state index is 0.0100. The van der Waals surface area contributed by atoms with Crippen molar-refractivity contribution in [1.29, 1.82) is 0 Å². The number of nitrogens with zero attached hydrogens (tertiary/aromatic N) is 1. The Morgan fingerprint density at radius 1 is 1.08 bits per heavy atom. The van der Waals surface area contributed by atoms with Gasteiger partial charge in [0.15, 0.2) is 0 Å². The zero-order valence-electron chi connectivity index (χ0n) is 14.9. The van der Waals surface area contributed by atoms with E-state index in [1.165, 1.54) is 6.42 Å². The summed E-state index contributed by atoms with van der Waals surface area (Å²) in [6, 6.07) is -0.0163. The SMILES string of the molecule is C[C@@H]1OC1[B-]12OC(=O)C[N+]1(C1C[C@@H]3C[C@H]([C@H]1C)C3(C)C)CC(=O)O2. The average molecular weight is 335 g/mol. The largest absolute Gasteiger partial charge is 0.614 e. The van der Waals surface area contributed by atoms with Gasteiger partial charge >= 0.3 is 18.6 Å². The number of ether oxygens (including phenoxy) is 1. The number of hydrogen-bond acceptors (Lipinski definition) is 5. The Labute approximate surface area is 142 Å². The Morgan fingerprint density at radius 3 is 2.12 bits per heavy atom. The highest BCUT2D eigenvalue weighted by Gasteiger charge is 2.79. The lowest BCUT2D eigenvalue weighted by Gasteiger charge is -2.66. The lowest BCUT2D eigenvalue weighted by molar-refractivity contribution is -0.852. The van der Waals surface area contributed by atoms with E-state index in [9.17, 15) is 9.59 Å². The summed E-state index contributed by atoms with van der Waals surface area (Å²) >= 11 is 0. The van der Waals surface area contributed by atoms with Crippen molar-refractivity contribution in [2.24, 2.45) is 23.2 Å². The van der Waals surface area contributed by atoms with E-state index in [0.29, 0.717) is 27.6 Å². The maximum Gasteiger partial charge on any atom is 0.614 e. The standard InChI is InChI=1S/C17H26BNO5/c1-9-12-5-11(17(12,3)4)6-13(9)19-7-14(20)23-18(19,16-10(2)22-16)24-15(21)8-19/h9-13,16H,5-8H2,1-4H3/t9-,10+,11+,12-,13?,16?,18?,19?/m1/s1. The Morgan fingerprint density at radius 2 is 1.67 bits per heavy atom. The van der Waals surface area contributed by atoms with Crippen LogP contribution in [0, 0.1) is 23.2 Å². The smallest absolute Gasteiger partial charge is 0.598 e. The predicted octanol–water partition coefficient (Wildman–Crippen LogP) is 1.25. The Bertz CT molecular complexity index is 629. The topological polar surface area (TPSA) is 65.1 Å². The molecular formula is C17H26BNO5. The number of rotatable bonds is 2. The van der Waals surface area contributed by atoms with Crippen molar-refractivity contribution in [2.45, 2.75) is 58.7 Å². The molecule has 7 heteroatoms. The van der Waals surface area contributed by atoms with Crippen LogP contribution in [0.3, 0.4) is 0 Å². The van der Waals surface area contributed by atoms with Crippen molar-refractivity contribution in [3.05, 3.63) is 0 Å². The third-order valence-electron chi connectivity index (χ3n) is 8.31. The number of fused-ring (bicyclic) bond motifs is 4. The first-order valence-corrected chi connectivity index (χ1v) is 9.31. The first kappa shape index (κ1) is 15.2. The van der Waals surface area contributed by atoms with Gasteiger partial charge in [-0.3, -0.25) is 9.59 Å². The van der Waals surface area contributed by atoms with E-state index in [0.717, 1.165) is 6.42 Å². The van der Waals surface area contributed by atoms with Gasteiger partial charge in [-0.05, 0) is 37.0 Å². The van der Waals surface area contributed by atoms with E-state index in [1.54, 1.807) is 0 Å². The van der Waals surface area contributed by atoms with Crippen LogP contribution in [0.15, 0.2) is 0 Å². The van der Waals surface area contributed by atoms with Crippen LogP contribution in [0.4, 0.5) is 0 Å². The molecule has 0 spiro atoms. The molecule has 6 rings (SSSR count). The lowest BCUT2D eigenvalue weighted by atomic mass is 9.43. The molecule has 6 fully saturated rings. The molecule has 3 saturated heterocycles. The predicted molar refractivity (Wildman–Crippen MR) is 85.2 cm³/mol. The number of hydrogen-bond donors (Lipinski definition) is 0. The fourth-order valence-electron chi connectivity index (χ4n) is 6.85. The van der Waals surface area contributed by atoms with Crippen LogP contribution in [0.25, 0.3) is 0 Å². The van der Waals surface area contributed by atoms with E-state index in [-0.39, 0.29) is 43.2 Å². The highest BCUT2D eigenvalue weighted by atomic mass is 16.7. The summed E-state index contributed by atoms with van der Waals surface area (Å²) in [6.07, 6.45) is 2.30. The minimum Gasteiger partial charge on any atom is -0.598 e. The van der Waals surface area contributed by atoms with Gasteiger partial charge in [-0.1, -0.05) is 20.8 Å². The van der Waals surface area contributed by atoms with E-state index in [1.807, 2.05) is 6.92 Å². The molecular weight excluding hydrogens is 309 g/mol. The number of carbonyl (C=O) groups excluding carboxylic acids is 2. The van der Waals surface area contributed by atoms with Crippen LogP contribution < -0.4 is 0 Å². The van der Waals surface area contributed by atoms with Crippen molar-refractivity contribution < 1.29 is 28.0 Å². The fraction of sp³-hybridized carbons (Fsp3) is 0.882. The quantitative estimate of drug-likeness (QED) is 0.561. The van der Waals surface area contributed by atoms with Gasteiger partial charge in [0.1, 0.15) is 19.1 Å². The molecule has 3 heterocycles. The van der Waals surface area contributed by atoms with E-state index in [4.69, 9.17) is 14.0 Å². The van der Waals surface area contributed by atoms with Gasteiger partial charge in [0.25, 0.3) is 0 Å². The van der Waals surface area contributed by atoms with Gasteiger partial charge in [0.2, 0.25) is 0 Å². The fourth-order valence-corrected chi connectivity index (χ4v) is 6.85. The van der Waals surface area contributed by atoms with Gasteiger partial charge in [-0.15, -0.1) is 0 Å². The molecule has 3 aliphatic heterocycles. The molecule has 2 unspecified atom stereocenters. The second kappa shape index (κ2) is 4.18. The van der Waals surface area contributed by atoms with Crippen LogP contribution >= 0.6 is 0 Å². The summed E-state index contributed by atoms with van der Waals surface area (Å²) in [4.78, 5) is 24.6. The van der Waals surface area contributed by atoms with Crippen molar-refractivity contribution in [3.63, 3.8) is 0 Å². The Kier molecular flexibility index (Phi) is 2.65. The second-order valence-corrected chi connectivity index (χ2v) is 9.46. The van der Waals surface area contributed by atoms with E-state index >= 15 is 0 Å². The first-order valence-electron chi connectivity index (χ1n) is 9.31. The third-order valence-corrected chi connectivity index (χ3v) is 8.31. The number of quaternary nitrogens is 1. The van der Waals surface area contributed by atoms with Crippen molar-refractivity contribution in [2.75, 3.05) is 13.1 Å². The minimum atomic E-state index is -2.06. The maximum absolute atomic E-state index is 12.3. The van der Waals surface area contributed by atoms with Gasteiger partial charge < -0.3 is 18.4 Å². The zero-order chi connectivity index (χ0) is 17.1. The summed E-state index contributed by atoms with van der Waals surface area (Å²) in [6.45, 7) is 7.43. The first-order chi connectivity index (χ1) is 11.2. The molecule has 0 N–H and O–H groups in total. The number of carbonyl (C=O) groups is 2. The van der Waals surface area contributed by atoms with E-state index in [2.05, 4.69) is 20.8 Å². The van der Waals surface area contributed by atoms with Crippen molar-refractivity contribution in [3.8, 4) is 0 Å². The second-order valence-electron chi connectivity index (χ2n) is 9.46. The van der Waals surface area contributed by atoms with Crippen molar-refractivity contribution >= 4 is 18.6 Å². The highest BCUT2D eigenvalue weighted by molar-refractivity contribution is 6.68. The molecule has 24 heavy (non-hydrogen) atoms. The molecule has 6 atom stereocenters. The lowest BCUT2D eigenvalue weighted by Crippen LogP contribution is -2.75. The molecule has 2 bridgehead atoms. The average Bonchev–Trinajstić information content (AvgIpc) is 3.06. The third kappa shape index (κ3) is 1.52. The summed E-state index contributed by atoms with van der Waals surface area (Å²) in [5.74, 6) is 1.27. The number of epoxide rings is 1. The van der Waals surface area contributed by atoms with Gasteiger partial charge in [-0.25, -0.2) is 0 Å². The van der Waals surface area contributed by atoms with Crippen LogP contribution in [0.2, 0.25) is 0 Å². The molecule has 3 aliphatic carbocycles. The summed E-state index contributed by atoms with van der Waals surface area (Å²) in [7, 11) is 0. The monoisotopic (exact) mass is 335 g/mol. The molecule has 132 valence electrons. The molecule has 0 aromatic rings. The molecule has 0 aromatic heterocycles. The van der Waals surface area contributed by atoms with Gasteiger partial charge in [-0.2, -0.15) is 0 Å². The summed E-state index contributed by atoms with van der Waals surface area (Å²) < 4.78 is 17.6. The molecule has 0 amide bonds. The van der Waals surface area contributed by atoms with Crippen molar-refractivity contribution in [1.82, 2.24) is 0 Å². The Hall–Kier alpha value is -1.08. The van der Waals surface area contributed by atoms with E-state index < -0.39 is 6.69 Å². The van der Waals surface area contributed by atoms with Gasteiger partial charge in [0, 0.05) is 5.92 Å². The molecule has 0 radical (unpaired) electrons. The summed E-state index contributed by atoms with van der Waals surface area (Å²) in [5.41, 5.74) is 0.364. The van der Waals surface area contributed by atoms with Gasteiger partial charge in [0.05, 0.1) is 12.1 Å². The van der Waals surface area contributed by atoms with Crippen LogP contribution in [0.1, 0.15) is 40.5 Å². The highest BCUT2D eigenvalue weighted by Crippen LogP contribution is 2.64. The zero-order valence-corrected chi connectivity index (χ0v) is 14.9. The molecule has 6 aliphatic rings. The normalized spacial score (nSPS) is 57.0. The van der Waals surface area contributed by atoms with Crippen LogP contribution in [-0.4, -0.2) is 54.3 Å². The van der Waals surface area contributed by atoms with Crippen LogP contribution in [-0.2, 0) is 23.6 Å². The summed E-state index contributed by atoms with van der Waals surface area (Å²) in [5, 5.41) is 0. The Balaban J connectivity index is 1.58.